The zero-order valence-electron chi connectivity index (χ0n) is 18.1. The number of pyridine rings is 2. The molecule has 0 bridgehead atoms. The Kier molecular flexibility index (Phi) is 6.02. The summed E-state index contributed by atoms with van der Waals surface area (Å²) in [7, 11) is 0. The Morgan fingerprint density at radius 2 is 2.00 bits per heavy atom. The number of hydrogen-bond acceptors (Lipinski definition) is 6. The van der Waals surface area contributed by atoms with Crippen LogP contribution in [0.5, 0.6) is 5.88 Å². The minimum atomic E-state index is -0.152. The molecule has 1 fully saturated rings. The second-order valence-electron chi connectivity index (χ2n) is 8.35. The fourth-order valence-corrected chi connectivity index (χ4v) is 3.92. The van der Waals surface area contributed by atoms with Crippen molar-refractivity contribution in [3.8, 4) is 5.88 Å². The third-order valence-corrected chi connectivity index (χ3v) is 6.17. The lowest BCUT2D eigenvalue weighted by Gasteiger charge is -2.34. The second-order valence-corrected chi connectivity index (χ2v) is 8.35. The lowest BCUT2D eigenvalue weighted by Crippen LogP contribution is -2.41. The Hall–Kier alpha value is -3.22. The summed E-state index contributed by atoms with van der Waals surface area (Å²) in [5.74, 6) is 0.782. The van der Waals surface area contributed by atoms with E-state index < -0.39 is 0 Å². The molecule has 0 radical (unpaired) electrons. The van der Waals surface area contributed by atoms with E-state index in [1.165, 1.54) is 6.92 Å². The predicted molar refractivity (Wildman–Crippen MR) is 117 cm³/mol. The number of nitrogens with two attached hydrogens (primary N) is 1. The van der Waals surface area contributed by atoms with Gasteiger partial charge >= 0.3 is 0 Å². The number of amides is 1. The van der Waals surface area contributed by atoms with Gasteiger partial charge < -0.3 is 15.4 Å². The van der Waals surface area contributed by atoms with E-state index >= 15 is 0 Å². The number of carbonyl (C=O) groups excluding carboxylic acids is 2. The maximum Gasteiger partial charge on any atom is 0.225 e. The average molecular weight is 421 g/mol. The number of ether oxygens (including phenoxy) is 1. The first-order valence-corrected chi connectivity index (χ1v) is 10.7. The fraction of sp³-hybridized carbons (Fsp3) is 0.417. The Labute approximate surface area is 182 Å². The van der Waals surface area contributed by atoms with Gasteiger partial charge in [0.2, 0.25) is 11.8 Å². The summed E-state index contributed by atoms with van der Waals surface area (Å²) in [6, 6.07) is 5.60. The molecule has 31 heavy (non-hydrogen) atoms. The Balaban J connectivity index is 1.45. The molecule has 0 unspecified atom stereocenters. The lowest BCUT2D eigenvalue weighted by molar-refractivity contribution is -0.139. The quantitative estimate of drug-likeness (QED) is 0.722. The van der Waals surface area contributed by atoms with Crippen LogP contribution in [0, 0.1) is 12.8 Å². The SMILES string of the molecule is CC(=O)/C(COc1cc2c(cn1)CN(C(=O)C1CCC1)CC2)=C(\N)c1ccc(C)nc1. The smallest absolute Gasteiger partial charge is 0.225 e. The molecule has 0 spiro atoms. The van der Waals surface area contributed by atoms with Crippen LogP contribution in [0.3, 0.4) is 0 Å². The number of carbonyl (C=O) groups is 2. The van der Waals surface area contributed by atoms with Crippen LogP contribution in [0.1, 0.15) is 48.6 Å². The number of rotatable bonds is 6. The van der Waals surface area contributed by atoms with Crippen molar-refractivity contribution in [2.75, 3.05) is 13.2 Å². The summed E-state index contributed by atoms with van der Waals surface area (Å²) < 4.78 is 5.83. The molecule has 7 heteroatoms. The number of aryl methyl sites for hydroxylation is 1. The summed E-state index contributed by atoms with van der Waals surface area (Å²) in [6.07, 6.45) is 7.39. The maximum atomic E-state index is 12.5. The zero-order valence-corrected chi connectivity index (χ0v) is 18.1. The number of hydrogen-bond donors (Lipinski definition) is 1. The highest BCUT2D eigenvalue weighted by atomic mass is 16.5. The third-order valence-electron chi connectivity index (χ3n) is 6.17. The predicted octanol–water partition coefficient (Wildman–Crippen LogP) is 2.81. The van der Waals surface area contributed by atoms with Crippen LogP contribution in [-0.2, 0) is 22.6 Å². The Morgan fingerprint density at radius 1 is 1.19 bits per heavy atom. The molecule has 1 aliphatic heterocycles. The van der Waals surface area contributed by atoms with Crippen molar-refractivity contribution in [1.82, 2.24) is 14.9 Å². The molecular weight excluding hydrogens is 392 g/mol. The maximum absolute atomic E-state index is 12.5. The summed E-state index contributed by atoms with van der Waals surface area (Å²) in [4.78, 5) is 35.3. The van der Waals surface area contributed by atoms with Gasteiger partial charge in [0.1, 0.15) is 6.61 Å². The van der Waals surface area contributed by atoms with Crippen LogP contribution in [0.25, 0.3) is 5.70 Å². The molecule has 3 heterocycles. The molecule has 2 aliphatic rings. The van der Waals surface area contributed by atoms with Gasteiger partial charge in [0, 0.05) is 48.7 Å². The van der Waals surface area contributed by atoms with E-state index in [0.717, 1.165) is 49.0 Å². The summed E-state index contributed by atoms with van der Waals surface area (Å²) in [5, 5.41) is 0. The number of nitrogens with zero attached hydrogens (tertiary/aromatic N) is 3. The molecule has 0 aromatic carbocycles. The number of fused-ring (bicyclic) bond motifs is 1. The molecule has 0 atom stereocenters. The van der Waals surface area contributed by atoms with E-state index in [9.17, 15) is 9.59 Å². The van der Waals surface area contributed by atoms with Gasteiger partial charge in [-0.2, -0.15) is 0 Å². The molecule has 162 valence electrons. The molecule has 7 nitrogen and oxygen atoms in total. The van der Waals surface area contributed by atoms with E-state index in [1.54, 1.807) is 12.4 Å². The normalized spacial score (nSPS) is 16.8. The Morgan fingerprint density at radius 3 is 2.65 bits per heavy atom. The highest BCUT2D eigenvalue weighted by Crippen LogP contribution is 2.31. The molecule has 2 aromatic heterocycles. The first kappa shape index (κ1) is 21.0. The van der Waals surface area contributed by atoms with Crippen molar-refractivity contribution in [1.29, 1.82) is 0 Å². The number of aromatic nitrogens is 2. The van der Waals surface area contributed by atoms with Crippen molar-refractivity contribution in [3.05, 3.63) is 58.6 Å². The standard InChI is InChI=1S/C24H28N4O3/c1-15-6-7-19(11-26-15)23(25)21(16(2)29)14-31-22-10-18-8-9-28(13-20(18)12-27-22)24(30)17-4-3-5-17/h6-7,10-12,17H,3-5,8-9,13-14,25H2,1-2H3/b23-21-. The molecule has 1 aliphatic carbocycles. The van der Waals surface area contributed by atoms with Gasteiger partial charge in [-0.05, 0) is 56.4 Å². The fourth-order valence-electron chi connectivity index (χ4n) is 3.92. The van der Waals surface area contributed by atoms with E-state index in [0.29, 0.717) is 29.3 Å². The van der Waals surface area contributed by atoms with Crippen molar-refractivity contribution < 1.29 is 14.3 Å². The summed E-state index contributed by atoms with van der Waals surface area (Å²) in [6.45, 7) is 4.72. The van der Waals surface area contributed by atoms with E-state index in [2.05, 4.69) is 9.97 Å². The molecule has 1 amide bonds. The average Bonchev–Trinajstić information content (AvgIpc) is 2.72. The molecule has 2 aromatic rings. The van der Waals surface area contributed by atoms with Crippen LogP contribution in [0.15, 0.2) is 36.2 Å². The molecular formula is C24H28N4O3. The van der Waals surface area contributed by atoms with Gasteiger partial charge in [0.15, 0.2) is 5.78 Å². The van der Waals surface area contributed by atoms with E-state index in [1.807, 2.05) is 30.0 Å². The van der Waals surface area contributed by atoms with Gasteiger partial charge in [-0.3, -0.25) is 14.6 Å². The third kappa shape index (κ3) is 4.60. The van der Waals surface area contributed by atoms with Crippen LogP contribution in [-0.4, -0.2) is 39.7 Å². The number of ketones is 1. The largest absolute Gasteiger partial charge is 0.473 e. The van der Waals surface area contributed by atoms with Gasteiger partial charge in [0.25, 0.3) is 0 Å². The number of Topliss-reactive ketones (excluding diaryl/α,β-unsaturated/α-hetero) is 1. The first-order chi connectivity index (χ1) is 14.9. The van der Waals surface area contributed by atoms with Crippen LogP contribution in [0.4, 0.5) is 0 Å². The van der Waals surface area contributed by atoms with Gasteiger partial charge in [0.05, 0.1) is 11.3 Å². The van der Waals surface area contributed by atoms with Crippen molar-refractivity contribution in [2.45, 2.75) is 46.1 Å². The molecule has 1 saturated carbocycles. The lowest BCUT2D eigenvalue weighted by atomic mass is 9.84. The summed E-state index contributed by atoms with van der Waals surface area (Å²) in [5.41, 5.74) is 10.7. The van der Waals surface area contributed by atoms with Crippen molar-refractivity contribution >= 4 is 17.4 Å². The zero-order chi connectivity index (χ0) is 22.0. The molecule has 2 N–H and O–H groups in total. The van der Waals surface area contributed by atoms with Gasteiger partial charge in [-0.15, -0.1) is 0 Å². The minimum Gasteiger partial charge on any atom is -0.473 e. The van der Waals surface area contributed by atoms with Gasteiger partial charge in [-0.25, -0.2) is 4.98 Å². The van der Waals surface area contributed by atoms with Crippen LogP contribution in [0.2, 0.25) is 0 Å². The van der Waals surface area contributed by atoms with E-state index in [4.69, 9.17) is 10.5 Å². The first-order valence-electron chi connectivity index (χ1n) is 10.7. The van der Waals surface area contributed by atoms with E-state index in [-0.39, 0.29) is 24.2 Å². The van der Waals surface area contributed by atoms with Crippen LogP contribution >= 0.6 is 0 Å². The second kappa shape index (κ2) is 8.88. The highest BCUT2D eigenvalue weighted by Gasteiger charge is 2.31. The van der Waals surface area contributed by atoms with Crippen molar-refractivity contribution in [2.24, 2.45) is 11.7 Å². The minimum absolute atomic E-state index is 0.0348. The molecule has 4 rings (SSSR count). The monoisotopic (exact) mass is 420 g/mol. The molecule has 0 saturated heterocycles. The highest BCUT2D eigenvalue weighted by molar-refractivity contribution is 6.00. The topological polar surface area (TPSA) is 98.4 Å². The Bertz CT molecular complexity index is 1030. The van der Waals surface area contributed by atoms with Gasteiger partial charge in [-0.1, -0.05) is 6.42 Å². The van der Waals surface area contributed by atoms with Crippen molar-refractivity contribution in [3.63, 3.8) is 0 Å². The van der Waals surface area contributed by atoms with Crippen LogP contribution < -0.4 is 10.5 Å². The summed E-state index contributed by atoms with van der Waals surface area (Å²) >= 11 is 0.